The number of nitrogens with one attached hydrogen (secondary N) is 1. The van der Waals surface area contributed by atoms with E-state index in [1.807, 2.05) is 66.7 Å². The Morgan fingerprint density at radius 1 is 0.433 bits per heavy atom. The molecule has 0 spiro atoms. The van der Waals surface area contributed by atoms with E-state index < -0.39 is 5.60 Å². The molecule has 0 amide bonds. The lowest BCUT2D eigenvalue weighted by molar-refractivity contribution is -0.0398. The maximum absolute atomic E-state index is 12.2. The van der Waals surface area contributed by atoms with Gasteiger partial charge < -0.3 is 52.7 Å². The molecule has 4 aromatic carbocycles. The lowest BCUT2D eigenvalue weighted by atomic mass is 9.80. The molecule has 0 aliphatic heterocycles. The molecule has 4 rings (SSSR count). The van der Waals surface area contributed by atoms with Crippen molar-refractivity contribution in [1.82, 2.24) is 0 Å². The minimum absolute atomic E-state index is 0.187. The highest BCUT2D eigenvalue weighted by molar-refractivity contribution is 5.89. The van der Waals surface area contributed by atoms with Crippen molar-refractivity contribution in [2.75, 3.05) is 131 Å². The maximum Gasteiger partial charge on any atom is 0.338 e. The van der Waals surface area contributed by atoms with Crippen LogP contribution in [0, 0.1) is 0 Å². The van der Waals surface area contributed by atoms with Crippen LogP contribution in [0.4, 0.5) is 5.69 Å². The van der Waals surface area contributed by atoms with Crippen molar-refractivity contribution >= 4 is 11.7 Å². The van der Waals surface area contributed by atoms with Gasteiger partial charge in [0.2, 0.25) is 0 Å². The number of carbonyl (C=O) groups excluding carboxylic acids is 1. The van der Waals surface area contributed by atoms with Crippen LogP contribution in [-0.4, -0.2) is 131 Å². The molecule has 328 valence electrons. The normalized spacial score (nSPS) is 11.5. The third kappa shape index (κ3) is 19.0. The summed E-state index contributed by atoms with van der Waals surface area (Å²) in [6.07, 6.45) is 2.24. The lowest BCUT2D eigenvalue weighted by Crippen LogP contribution is -2.34. The first-order chi connectivity index (χ1) is 29.7. The van der Waals surface area contributed by atoms with Crippen molar-refractivity contribution in [3.63, 3.8) is 0 Å². The molecule has 12 nitrogen and oxygen atoms in total. The molecule has 0 aromatic heterocycles. The first kappa shape index (κ1) is 48.5. The molecule has 0 unspecified atom stereocenters. The number of ether oxygens (including phenoxy) is 10. The van der Waals surface area contributed by atoms with Crippen LogP contribution < -0.4 is 5.32 Å². The van der Waals surface area contributed by atoms with Crippen LogP contribution in [0.2, 0.25) is 0 Å². The molecule has 0 saturated carbocycles. The molecule has 12 heteroatoms. The Labute approximate surface area is 356 Å². The van der Waals surface area contributed by atoms with E-state index in [4.69, 9.17) is 47.4 Å². The number of hydrogen-bond acceptors (Lipinski definition) is 12. The van der Waals surface area contributed by atoms with E-state index in [9.17, 15) is 4.79 Å². The largest absolute Gasteiger partial charge is 0.460 e. The molecule has 0 saturated heterocycles. The van der Waals surface area contributed by atoms with Gasteiger partial charge in [-0.15, -0.1) is 0 Å². The molecule has 0 atom stereocenters. The van der Waals surface area contributed by atoms with Gasteiger partial charge in [0, 0.05) is 12.2 Å². The second-order valence-corrected chi connectivity index (χ2v) is 13.5. The van der Waals surface area contributed by atoms with Gasteiger partial charge >= 0.3 is 5.97 Å². The average Bonchev–Trinajstić information content (AvgIpc) is 3.29. The SMILES string of the molecule is CCCCNc1ccc(C(=O)OCCOCCOCCOCCOCCOCCOCCOCCOCCOC(c2ccccc2)(c2ccccc2)c2ccccc2)cc1. The summed E-state index contributed by atoms with van der Waals surface area (Å²) in [5.41, 5.74) is 3.94. The van der Waals surface area contributed by atoms with Gasteiger partial charge in [-0.1, -0.05) is 104 Å². The van der Waals surface area contributed by atoms with Gasteiger partial charge in [0.25, 0.3) is 0 Å². The Bertz CT molecular complexity index is 1520. The lowest BCUT2D eigenvalue weighted by Gasteiger charge is -2.36. The Morgan fingerprint density at radius 3 is 1.12 bits per heavy atom. The van der Waals surface area contributed by atoms with Crippen molar-refractivity contribution in [2.24, 2.45) is 0 Å². The van der Waals surface area contributed by atoms with E-state index in [1.54, 1.807) is 12.1 Å². The van der Waals surface area contributed by atoms with Crippen LogP contribution in [-0.2, 0) is 53.0 Å². The summed E-state index contributed by atoms with van der Waals surface area (Å²) in [6.45, 7) is 11.0. The van der Waals surface area contributed by atoms with Crippen LogP contribution in [0.3, 0.4) is 0 Å². The van der Waals surface area contributed by atoms with E-state index in [0.29, 0.717) is 118 Å². The minimum Gasteiger partial charge on any atom is -0.460 e. The minimum atomic E-state index is -0.758. The third-order valence-corrected chi connectivity index (χ3v) is 9.13. The van der Waals surface area contributed by atoms with Gasteiger partial charge in [-0.2, -0.15) is 0 Å². The summed E-state index contributed by atoms with van der Waals surface area (Å²) in [4.78, 5) is 12.2. The number of hydrogen-bond donors (Lipinski definition) is 1. The van der Waals surface area contributed by atoms with Gasteiger partial charge in [0.05, 0.1) is 118 Å². The van der Waals surface area contributed by atoms with Crippen LogP contribution in [0.1, 0.15) is 46.8 Å². The predicted molar refractivity (Wildman–Crippen MR) is 232 cm³/mol. The second-order valence-electron chi connectivity index (χ2n) is 13.5. The van der Waals surface area contributed by atoms with E-state index in [0.717, 1.165) is 41.8 Å². The molecule has 0 aliphatic carbocycles. The Morgan fingerprint density at radius 2 is 0.767 bits per heavy atom. The fourth-order valence-electron chi connectivity index (χ4n) is 6.07. The highest BCUT2D eigenvalue weighted by Gasteiger charge is 2.37. The summed E-state index contributed by atoms with van der Waals surface area (Å²) in [5, 5.41) is 3.32. The zero-order valence-electron chi connectivity index (χ0n) is 35.3. The zero-order chi connectivity index (χ0) is 42.0. The molecular weight excluding hydrogens is 767 g/mol. The van der Waals surface area contributed by atoms with Crippen LogP contribution >= 0.6 is 0 Å². The first-order valence-electron chi connectivity index (χ1n) is 21.2. The number of esters is 1. The molecule has 0 fully saturated rings. The summed E-state index contributed by atoms with van der Waals surface area (Å²) in [6, 6.07) is 38.3. The Balaban J connectivity index is 0.875. The maximum atomic E-state index is 12.2. The highest BCUT2D eigenvalue weighted by Crippen LogP contribution is 2.40. The van der Waals surface area contributed by atoms with Gasteiger partial charge in [-0.3, -0.25) is 0 Å². The second kappa shape index (κ2) is 31.6. The molecule has 4 aromatic rings. The molecule has 1 N–H and O–H groups in total. The number of carbonyl (C=O) groups is 1. The van der Waals surface area contributed by atoms with Crippen LogP contribution in [0.5, 0.6) is 0 Å². The van der Waals surface area contributed by atoms with Crippen molar-refractivity contribution in [2.45, 2.75) is 25.4 Å². The number of benzene rings is 4. The van der Waals surface area contributed by atoms with Crippen LogP contribution in [0.25, 0.3) is 0 Å². The van der Waals surface area contributed by atoms with Crippen molar-refractivity contribution in [3.8, 4) is 0 Å². The monoisotopic (exact) mass is 831 g/mol. The van der Waals surface area contributed by atoms with Crippen molar-refractivity contribution in [3.05, 3.63) is 138 Å². The number of anilines is 1. The summed E-state index contributed by atoms with van der Waals surface area (Å²) >= 11 is 0. The predicted octanol–water partition coefficient (Wildman–Crippen LogP) is 7.20. The van der Waals surface area contributed by atoms with Gasteiger partial charge in [-0.05, 0) is 47.4 Å². The van der Waals surface area contributed by atoms with E-state index in [2.05, 4.69) is 48.6 Å². The fraction of sp³-hybridized carbons (Fsp3) is 0.479. The quantitative estimate of drug-likeness (QED) is 0.0284. The summed E-state index contributed by atoms with van der Waals surface area (Å²) in [5.74, 6) is -0.362. The van der Waals surface area contributed by atoms with Crippen molar-refractivity contribution < 1.29 is 52.2 Å². The highest BCUT2D eigenvalue weighted by atomic mass is 16.6. The fourth-order valence-corrected chi connectivity index (χ4v) is 6.07. The third-order valence-electron chi connectivity index (χ3n) is 9.13. The molecule has 60 heavy (non-hydrogen) atoms. The van der Waals surface area contributed by atoms with Crippen LogP contribution in [0.15, 0.2) is 115 Å². The molecule has 0 heterocycles. The van der Waals surface area contributed by atoms with Gasteiger partial charge in [0.1, 0.15) is 12.2 Å². The van der Waals surface area contributed by atoms with Gasteiger partial charge in [-0.25, -0.2) is 4.79 Å². The molecule has 0 bridgehead atoms. The summed E-state index contributed by atoms with van der Waals surface area (Å²) < 4.78 is 56.7. The van der Waals surface area contributed by atoms with Crippen molar-refractivity contribution in [1.29, 1.82) is 0 Å². The molecule has 0 radical (unpaired) electrons. The molecular formula is C48H65NO11. The van der Waals surface area contributed by atoms with E-state index in [1.165, 1.54) is 0 Å². The summed E-state index contributed by atoms with van der Waals surface area (Å²) in [7, 11) is 0. The average molecular weight is 832 g/mol. The van der Waals surface area contributed by atoms with E-state index in [-0.39, 0.29) is 12.6 Å². The zero-order valence-corrected chi connectivity index (χ0v) is 35.3. The topological polar surface area (TPSA) is 121 Å². The first-order valence-corrected chi connectivity index (χ1v) is 21.2. The Hall–Kier alpha value is -4.21. The standard InChI is InChI=1S/C48H65NO11/c1-2-3-23-49-46-21-19-42(20-22-46)47(50)59-40-38-57-36-34-55-32-30-53-28-26-51-24-25-52-27-29-54-31-33-56-35-37-58-39-41-60-48(43-13-7-4-8-14-43,44-15-9-5-10-16-44)45-17-11-6-12-18-45/h4-22,49H,2-3,23-41H2,1H3. The van der Waals surface area contributed by atoms with Gasteiger partial charge in [0.15, 0.2) is 0 Å². The van der Waals surface area contributed by atoms with E-state index >= 15 is 0 Å². The number of rotatable bonds is 36. The number of unbranched alkanes of at least 4 members (excludes halogenated alkanes) is 1. The Kier molecular flexibility index (Phi) is 25.5. The smallest absolute Gasteiger partial charge is 0.338 e. The molecule has 0 aliphatic rings.